The molecule has 6 heteroatoms. The normalized spacial score (nSPS) is 13.0. The molecule has 1 atom stereocenters. The lowest BCUT2D eigenvalue weighted by Crippen LogP contribution is -2.32. The van der Waals surface area contributed by atoms with Crippen molar-refractivity contribution in [2.45, 2.75) is 11.8 Å². The van der Waals surface area contributed by atoms with Gasteiger partial charge in [0.25, 0.3) is 0 Å². The number of para-hydroxylation sites is 1. The highest BCUT2D eigenvalue weighted by atomic mass is 32.2. The first kappa shape index (κ1) is 16.6. The number of pyridine rings is 1. The molecule has 0 aliphatic rings. The molecule has 3 aromatic rings. The Hall–Kier alpha value is -2.28. The third-order valence-corrected chi connectivity index (χ3v) is 5.11. The Morgan fingerprint density at radius 2 is 1.75 bits per heavy atom. The van der Waals surface area contributed by atoms with Crippen LogP contribution in [0.4, 0.5) is 0 Å². The van der Waals surface area contributed by atoms with Gasteiger partial charge in [-0.15, -0.1) is 0 Å². The molecule has 2 aromatic carbocycles. The van der Waals surface area contributed by atoms with Crippen LogP contribution < -0.4 is 10.5 Å². The van der Waals surface area contributed by atoms with E-state index < -0.39 is 10.0 Å². The van der Waals surface area contributed by atoms with Crippen LogP contribution in [0.5, 0.6) is 0 Å². The highest BCUT2D eigenvalue weighted by Gasteiger charge is 2.16. The fraction of sp³-hybridized carbons (Fsp3) is 0.167. The summed E-state index contributed by atoms with van der Waals surface area (Å²) in [6.07, 6.45) is 1.66. The average Bonchev–Trinajstić information content (AvgIpc) is 2.61. The van der Waals surface area contributed by atoms with E-state index >= 15 is 0 Å². The summed E-state index contributed by atoms with van der Waals surface area (Å²) in [4.78, 5) is 4.29. The Morgan fingerprint density at radius 1 is 1.00 bits per heavy atom. The summed E-state index contributed by atoms with van der Waals surface area (Å²) < 4.78 is 27.4. The second-order valence-corrected chi connectivity index (χ2v) is 7.42. The summed E-state index contributed by atoms with van der Waals surface area (Å²) in [7, 11) is -3.50. The second-order valence-electron chi connectivity index (χ2n) is 5.62. The Labute approximate surface area is 141 Å². The van der Waals surface area contributed by atoms with Crippen LogP contribution in [0.25, 0.3) is 10.9 Å². The molecule has 3 rings (SSSR count). The average molecular weight is 341 g/mol. The lowest BCUT2D eigenvalue weighted by Gasteiger charge is -2.14. The molecule has 0 aliphatic carbocycles. The Morgan fingerprint density at radius 3 is 2.54 bits per heavy atom. The molecule has 24 heavy (non-hydrogen) atoms. The van der Waals surface area contributed by atoms with Gasteiger partial charge in [-0.1, -0.05) is 54.6 Å². The number of hydrogen-bond donors (Lipinski definition) is 2. The number of nitrogens with two attached hydrogens (primary N) is 1. The molecular formula is C18H19N3O2S. The third-order valence-electron chi connectivity index (χ3n) is 3.81. The van der Waals surface area contributed by atoms with E-state index in [1.807, 2.05) is 54.6 Å². The zero-order valence-electron chi connectivity index (χ0n) is 13.1. The largest absolute Gasteiger partial charge is 0.323 e. The van der Waals surface area contributed by atoms with Crippen molar-refractivity contribution >= 4 is 20.9 Å². The van der Waals surface area contributed by atoms with Crippen molar-refractivity contribution in [2.24, 2.45) is 5.73 Å². The van der Waals surface area contributed by atoms with Gasteiger partial charge in [0.1, 0.15) is 0 Å². The van der Waals surface area contributed by atoms with Gasteiger partial charge in [0.2, 0.25) is 10.0 Å². The number of fused-ring (bicyclic) bond motifs is 1. The van der Waals surface area contributed by atoms with Gasteiger partial charge in [0, 0.05) is 24.2 Å². The minimum absolute atomic E-state index is 0.122. The van der Waals surface area contributed by atoms with Gasteiger partial charge in [-0.05, 0) is 17.2 Å². The molecule has 0 saturated carbocycles. The molecule has 3 N–H and O–H groups in total. The zero-order valence-corrected chi connectivity index (χ0v) is 13.9. The molecule has 0 spiro atoms. The topological polar surface area (TPSA) is 85.1 Å². The van der Waals surface area contributed by atoms with Crippen LogP contribution in [0.2, 0.25) is 0 Å². The molecular weight excluding hydrogens is 322 g/mol. The minimum atomic E-state index is -3.50. The van der Waals surface area contributed by atoms with Crippen LogP contribution in [-0.2, 0) is 15.8 Å². The predicted molar refractivity (Wildman–Crippen MR) is 95.7 cm³/mol. The van der Waals surface area contributed by atoms with Gasteiger partial charge in [0.05, 0.1) is 11.3 Å². The first-order valence-electron chi connectivity index (χ1n) is 7.66. The molecule has 0 radical (unpaired) electrons. The maximum Gasteiger partial charge on any atom is 0.215 e. The molecule has 0 fully saturated rings. The van der Waals surface area contributed by atoms with Crippen LogP contribution in [0.3, 0.4) is 0 Å². The van der Waals surface area contributed by atoms with Crippen molar-refractivity contribution in [3.63, 3.8) is 0 Å². The van der Waals surface area contributed by atoms with E-state index in [1.54, 1.807) is 12.3 Å². The predicted octanol–water partition coefficient (Wildman–Crippen LogP) is 2.35. The summed E-state index contributed by atoms with van der Waals surface area (Å²) >= 11 is 0. The van der Waals surface area contributed by atoms with Crippen molar-refractivity contribution in [3.8, 4) is 0 Å². The van der Waals surface area contributed by atoms with Gasteiger partial charge < -0.3 is 5.73 Å². The summed E-state index contributed by atoms with van der Waals surface area (Å²) in [6, 6.07) is 18.3. The van der Waals surface area contributed by atoms with E-state index in [9.17, 15) is 8.42 Å². The Balaban J connectivity index is 1.72. The number of rotatable bonds is 6. The van der Waals surface area contributed by atoms with Gasteiger partial charge in [0.15, 0.2) is 0 Å². The van der Waals surface area contributed by atoms with Crippen molar-refractivity contribution in [1.29, 1.82) is 0 Å². The molecule has 0 saturated heterocycles. The molecule has 1 aromatic heterocycles. The van der Waals surface area contributed by atoms with Crippen LogP contribution in [-0.4, -0.2) is 19.9 Å². The molecule has 5 nitrogen and oxygen atoms in total. The molecule has 0 bridgehead atoms. The quantitative estimate of drug-likeness (QED) is 0.721. The number of hydrogen-bond acceptors (Lipinski definition) is 4. The fourth-order valence-corrected chi connectivity index (χ4v) is 3.75. The molecule has 0 amide bonds. The molecule has 0 aliphatic heterocycles. The number of nitrogens with one attached hydrogen (secondary N) is 1. The van der Waals surface area contributed by atoms with E-state index in [0.717, 1.165) is 10.9 Å². The summed E-state index contributed by atoms with van der Waals surface area (Å²) in [5, 5.41) is 0.922. The second kappa shape index (κ2) is 7.09. The maximum atomic E-state index is 12.4. The van der Waals surface area contributed by atoms with E-state index in [4.69, 9.17) is 5.73 Å². The van der Waals surface area contributed by atoms with E-state index in [2.05, 4.69) is 9.71 Å². The lowest BCUT2D eigenvalue weighted by atomic mass is 10.1. The van der Waals surface area contributed by atoms with Gasteiger partial charge in [-0.2, -0.15) is 0 Å². The Bertz CT molecular complexity index is 922. The van der Waals surface area contributed by atoms with Crippen LogP contribution >= 0.6 is 0 Å². The first-order valence-corrected chi connectivity index (χ1v) is 9.31. The standard InChI is InChI=1S/C18H19N3O2S/c19-17(14-6-2-1-3-7-14)12-21-24(22,23)13-16-9-4-8-15-10-5-11-20-18(15)16/h1-11,17,21H,12-13,19H2/t17-/m0/s1. The highest BCUT2D eigenvalue weighted by Crippen LogP contribution is 2.18. The van der Waals surface area contributed by atoms with Crippen molar-refractivity contribution in [1.82, 2.24) is 9.71 Å². The zero-order chi connectivity index (χ0) is 17.0. The number of nitrogens with zero attached hydrogens (tertiary/aromatic N) is 1. The molecule has 1 heterocycles. The number of benzene rings is 2. The van der Waals surface area contributed by atoms with Gasteiger partial charge in [-0.25, -0.2) is 13.1 Å². The SMILES string of the molecule is N[C@@H](CNS(=O)(=O)Cc1cccc2cccnc12)c1ccccc1. The molecule has 0 unspecified atom stereocenters. The lowest BCUT2D eigenvalue weighted by molar-refractivity contribution is 0.571. The molecule has 124 valence electrons. The fourth-order valence-electron chi connectivity index (χ4n) is 2.57. The highest BCUT2D eigenvalue weighted by molar-refractivity contribution is 7.88. The van der Waals surface area contributed by atoms with Crippen molar-refractivity contribution in [3.05, 3.63) is 78.0 Å². The Kier molecular flexibility index (Phi) is 4.89. The van der Waals surface area contributed by atoms with Crippen molar-refractivity contribution < 1.29 is 8.42 Å². The van der Waals surface area contributed by atoms with E-state index in [0.29, 0.717) is 11.1 Å². The third kappa shape index (κ3) is 3.97. The van der Waals surface area contributed by atoms with Gasteiger partial charge in [-0.3, -0.25) is 4.98 Å². The first-order chi connectivity index (χ1) is 11.6. The summed E-state index contributed by atoms with van der Waals surface area (Å²) in [5.41, 5.74) is 8.32. The van der Waals surface area contributed by atoms with Crippen molar-refractivity contribution in [2.75, 3.05) is 6.54 Å². The summed E-state index contributed by atoms with van der Waals surface area (Å²) in [5.74, 6) is -0.122. The maximum absolute atomic E-state index is 12.4. The van der Waals surface area contributed by atoms with E-state index in [-0.39, 0.29) is 18.3 Å². The van der Waals surface area contributed by atoms with Crippen LogP contribution in [0.1, 0.15) is 17.2 Å². The monoisotopic (exact) mass is 341 g/mol. The smallest absolute Gasteiger partial charge is 0.215 e. The minimum Gasteiger partial charge on any atom is -0.323 e. The number of aromatic nitrogens is 1. The number of sulfonamides is 1. The van der Waals surface area contributed by atoms with Crippen LogP contribution in [0, 0.1) is 0 Å². The van der Waals surface area contributed by atoms with E-state index in [1.165, 1.54) is 0 Å². The van der Waals surface area contributed by atoms with Gasteiger partial charge >= 0.3 is 0 Å². The van der Waals surface area contributed by atoms with Crippen LogP contribution in [0.15, 0.2) is 66.9 Å². The summed E-state index contributed by atoms with van der Waals surface area (Å²) in [6.45, 7) is 0.157.